The fourth-order valence-electron chi connectivity index (χ4n) is 1.38. The average molecular weight is 197 g/mol. The SMILES string of the molecule is CC(C)OC1CN(CC(F)(F)F)C1. The fourth-order valence-corrected chi connectivity index (χ4v) is 1.38. The van der Waals surface area contributed by atoms with Gasteiger partial charge in [0.05, 0.1) is 18.8 Å². The second kappa shape index (κ2) is 3.84. The Bertz CT molecular complexity index is 163. The third-order valence-corrected chi connectivity index (χ3v) is 1.79. The van der Waals surface area contributed by atoms with E-state index in [4.69, 9.17) is 4.74 Å². The summed E-state index contributed by atoms with van der Waals surface area (Å²) in [6, 6.07) is 0. The molecule has 0 spiro atoms. The van der Waals surface area contributed by atoms with Crippen LogP contribution >= 0.6 is 0 Å². The maximum absolute atomic E-state index is 11.8. The van der Waals surface area contributed by atoms with Gasteiger partial charge in [-0.05, 0) is 13.8 Å². The highest BCUT2D eigenvalue weighted by Gasteiger charge is 2.37. The van der Waals surface area contributed by atoms with Crippen molar-refractivity contribution in [3.63, 3.8) is 0 Å². The molecule has 1 saturated heterocycles. The Morgan fingerprint density at radius 1 is 1.38 bits per heavy atom. The van der Waals surface area contributed by atoms with Crippen LogP contribution in [0.2, 0.25) is 0 Å². The van der Waals surface area contributed by atoms with E-state index in [1.54, 1.807) is 0 Å². The highest BCUT2D eigenvalue weighted by molar-refractivity contribution is 4.82. The van der Waals surface area contributed by atoms with E-state index in [9.17, 15) is 13.2 Å². The first kappa shape index (κ1) is 10.8. The summed E-state index contributed by atoms with van der Waals surface area (Å²) in [6.07, 6.45) is -4.00. The molecular weight excluding hydrogens is 183 g/mol. The molecule has 0 aromatic carbocycles. The van der Waals surface area contributed by atoms with Crippen LogP contribution in [0.1, 0.15) is 13.8 Å². The number of rotatable bonds is 3. The van der Waals surface area contributed by atoms with Gasteiger partial charge >= 0.3 is 6.18 Å². The maximum atomic E-state index is 11.8. The summed E-state index contributed by atoms with van der Waals surface area (Å²) >= 11 is 0. The van der Waals surface area contributed by atoms with E-state index in [1.165, 1.54) is 4.90 Å². The second-order valence-corrected chi connectivity index (χ2v) is 3.62. The van der Waals surface area contributed by atoms with Crippen molar-refractivity contribution in [2.45, 2.75) is 32.2 Å². The largest absolute Gasteiger partial charge is 0.401 e. The second-order valence-electron chi connectivity index (χ2n) is 3.62. The van der Waals surface area contributed by atoms with Crippen LogP contribution in [0.3, 0.4) is 0 Å². The number of halogens is 3. The van der Waals surface area contributed by atoms with Crippen LogP contribution in [0.15, 0.2) is 0 Å². The van der Waals surface area contributed by atoms with E-state index in [2.05, 4.69) is 0 Å². The molecule has 0 aromatic rings. The van der Waals surface area contributed by atoms with Crippen LogP contribution in [0.5, 0.6) is 0 Å². The molecule has 0 aromatic heterocycles. The number of likely N-dealkylation sites (tertiary alicyclic amines) is 1. The number of alkyl halides is 3. The Labute approximate surface area is 75.7 Å². The number of hydrogen-bond donors (Lipinski definition) is 0. The average Bonchev–Trinajstić information content (AvgIpc) is 1.78. The zero-order chi connectivity index (χ0) is 10.1. The molecule has 13 heavy (non-hydrogen) atoms. The van der Waals surface area contributed by atoms with E-state index < -0.39 is 12.7 Å². The highest BCUT2D eigenvalue weighted by atomic mass is 19.4. The molecule has 0 amide bonds. The summed E-state index contributed by atoms with van der Waals surface area (Å²) in [6.45, 7) is 3.75. The minimum atomic E-state index is -4.08. The molecule has 0 unspecified atom stereocenters. The predicted octanol–water partition coefficient (Wildman–Crippen LogP) is 1.66. The Morgan fingerprint density at radius 2 is 1.92 bits per heavy atom. The summed E-state index contributed by atoms with van der Waals surface area (Å²) in [7, 11) is 0. The van der Waals surface area contributed by atoms with E-state index in [0.29, 0.717) is 13.1 Å². The molecular formula is C8H14F3NO. The van der Waals surface area contributed by atoms with Crippen LogP contribution < -0.4 is 0 Å². The molecule has 78 valence electrons. The first-order valence-electron chi connectivity index (χ1n) is 4.31. The fraction of sp³-hybridized carbons (Fsp3) is 1.00. The topological polar surface area (TPSA) is 12.5 Å². The lowest BCUT2D eigenvalue weighted by Crippen LogP contribution is -2.55. The smallest absolute Gasteiger partial charge is 0.373 e. The molecule has 0 aliphatic carbocycles. The number of hydrogen-bond acceptors (Lipinski definition) is 2. The minimum Gasteiger partial charge on any atom is -0.373 e. The maximum Gasteiger partial charge on any atom is 0.401 e. The summed E-state index contributed by atoms with van der Waals surface area (Å²) in [5.41, 5.74) is 0. The van der Waals surface area contributed by atoms with E-state index >= 15 is 0 Å². The quantitative estimate of drug-likeness (QED) is 0.682. The van der Waals surface area contributed by atoms with E-state index in [0.717, 1.165) is 0 Å². The van der Waals surface area contributed by atoms with Crippen LogP contribution in [-0.2, 0) is 4.74 Å². The number of nitrogens with zero attached hydrogens (tertiary/aromatic N) is 1. The van der Waals surface area contributed by atoms with Gasteiger partial charge in [-0.2, -0.15) is 13.2 Å². The summed E-state index contributed by atoms with van der Waals surface area (Å²) < 4.78 is 40.8. The molecule has 0 radical (unpaired) electrons. The van der Waals surface area contributed by atoms with Crippen LogP contribution in [0.4, 0.5) is 13.2 Å². The molecule has 0 atom stereocenters. The normalized spacial score (nSPS) is 20.8. The van der Waals surface area contributed by atoms with Crippen molar-refractivity contribution in [1.29, 1.82) is 0 Å². The molecule has 1 fully saturated rings. The van der Waals surface area contributed by atoms with Crippen LogP contribution in [0, 0.1) is 0 Å². The van der Waals surface area contributed by atoms with Gasteiger partial charge in [-0.3, -0.25) is 4.90 Å². The summed E-state index contributed by atoms with van der Waals surface area (Å²) in [4.78, 5) is 1.34. The third kappa shape index (κ3) is 3.95. The van der Waals surface area contributed by atoms with E-state index in [-0.39, 0.29) is 12.2 Å². The highest BCUT2D eigenvalue weighted by Crippen LogP contribution is 2.21. The Morgan fingerprint density at radius 3 is 2.31 bits per heavy atom. The molecule has 1 rings (SSSR count). The van der Waals surface area contributed by atoms with Gasteiger partial charge in [-0.1, -0.05) is 0 Å². The standard InChI is InChI=1S/C8H14F3NO/c1-6(2)13-7-3-12(4-7)5-8(9,10)11/h6-7H,3-5H2,1-2H3. The minimum absolute atomic E-state index is 0.0117. The zero-order valence-corrected chi connectivity index (χ0v) is 7.77. The Balaban J connectivity index is 2.12. The van der Waals surface area contributed by atoms with Gasteiger partial charge in [0.1, 0.15) is 0 Å². The molecule has 0 bridgehead atoms. The van der Waals surface area contributed by atoms with Gasteiger partial charge in [0, 0.05) is 13.1 Å². The van der Waals surface area contributed by atoms with Crippen LogP contribution in [0.25, 0.3) is 0 Å². The van der Waals surface area contributed by atoms with Gasteiger partial charge in [0.15, 0.2) is 0 Å². The Kier molecular flexibility index (Phi) is 3.18. The van der Waals surface area contributed by atoms with Crippen molar-refractivity contribution in [2.24, 2.45) is 0 Å². The molecule has 0 N–H and O–H groups in total. The monoisotopic (exact) mass is 197 g/mol. The van der Waals surface area contributed by atoms with Gasteiger partial charge in [0.2, 0.25) is 0 Å². The molecule has 0 saturated carbocycles. The van der Waals surface area contributed by atoms with Crippen molar-refractivity contribution in [1.82, 2.24) is 4.90 Å². The van der Waals surface area contributed by atoms with Crippen LogP contribution in [-0.4, -0.2) is 42.9 Å². The lowest BCUT2D eigenvalue weighted by Gasteiger charge is -2.39. The lowest BCUT2D eigenvalue weighted by atomic mass is 10.1. The zero-order valence-electron chi connectivity index (χ0n) is 7.77. The first-order valence-corrected chi connectivity index (χ1v) is 4.31. The van der Waals surface area contributed by atoms with Crippen molar-refractivity contribution in [3.8, 4) is 0 Å². The van der Waals surface area contributed by atoms with Gasteiger partial charge in [-0.15, -0.1) is 0 Å². The molecule has 1 aliphatic rings. The molecule has 1 heterocycles. The van der Waals surface area contributed by atoms with Gasteiger partial charge < -0.3 is 4.74 Å². The molecule has 5 heteroatoms. The number of ether oxygens (including phenoxy) is 1. The molecule has 1 aliphatic heterocycles. The van der Waals surface area contributed by atoms with E-state index in [1.807, 2.05) is 13.8 Å². The summed E-state index contributed by atoms with van der Waals surface area (Å²) in [5, 5.41) is 0. The predicted molar refractivity (Wildman–Crippen MR) is 42.5 cm³/mol. The van der Waals surface area contributed by atoms with Crippen molar-refractivity contribution in [2.75, 3.05) is 19.6 Å². The summed E-state index contributed by atoms with van der Waals surface area (Å²) in [5.74, 6) is 0. The van der Waals surface area contributed by atoms with Gasteiger partial charge in [-0.25, -0.2) is 0 Å². The van der Waals surface area contributed by atoms with Gasteiger partial charge in [0.25, 0.3) is 0 Å². The third-order valence-electron chi connectivity index (χ3n) is 1.79. The lowest BCUT2D eigenvalue weighted by molar-refractivity contribution is -0.174. The Hall–Kier alpha value is -0.290. The van der Waals surface area contributed by atoms with Crippen molar-refractivity contribution < 1.29 is 17.9 Å². The van der Waals surface area contributed by atoms with Crippen molar-refractivity contribution >= 4 is 0 Å². The molecule has 2 nitrogen and oxygen atoms in total. The first-order chi connectivity index (χ1) is 5.87. The van der Waals surface area contributed by atoms with Crippen molar-refractivity contribution in [3.05, 3.63) is 0 Å².